The number of para-hydroxylation sites is 2. The van der Waals surface area contributed by atoms with Crippen molar-refractivity contribution in [2.75, 3.05) is 5.32 Å². The van der Waals surface area contributed by atoms with Gasteiger partial charge in [-0.2, -0.15) is 0 Å². The number of aromatic nitrogens is 3. The van der Waals surface area contributed by atoms with Crippen LogP contribution in [0, 0.1) is 0 Å². The largest absolute Gasteiger partial charge is 0.305 e. The molecule has 3 rings (SSSR count). The summed E-state index contributed by atoms with van der Waals surface area (Å²) >= 11 is 5.80. The molecule has 1 N–H and O–H groups in total. The van der Waals surface area contributed by atoms with Crippen LogP contribution in [-0.4, -0.2) is 20.4 Å². The second-order valence-electron chi connectivity index (χ2n) is 4.68. The van der Waals surface area contributed by atoms with Crippen LogP contribution in [0.3, 0.4) is 0 Å². The van der Waals surface area contributed by atoms with E-state index < -0.39 is 0 Å². The lowest BCUT2D eigenvalue weighted by Gasteiger charge is -2.09. The van der Waals surface area contributed by atoms with Crippen LogP contribution in [-0.2, 0) is 11.3 Å². The van der Waals surface area contributed by atoms with Gasteiger partial charge in [0.1, 0.15) is 5.15 Å². The molecule has 5 nitrogen and oxygen atoms in total. The van der Waals surface area contributed by atoms with E-state index in [0.29, 0.717) is 17.6 Å². The number of nitrogens with zero attached hydrogens (tertiary/aromatic N) is 3. The predicted molar refractivity (Wildman–Crippen MR) is 82.4 cm³/mol. The van der Waals surface area contributed by atoms with Gasteiger partial charge in [-0.25, -0.2) is 9.97 Å². The molecule has 2 heterocycles. The minimum atomic E-state index is -0.152. The van der Waals surface area contributed by atoms with Crippen LogP contribution in [0.4, 0.5) is 5.95 Å². The number of carbonyl (C=O) groups excluding carboxylic acids is 1. The number of carbonyl (C=O) groups is 1. The number of rotatable bonds is 3. The summed E-state index contributed by atoms with van der Waals surface area (Å²) in [5, 5.41) is 3.22. The number of benzene rings is 1. The monoisotopic (exact) mass is 300 g/mol. The Balaban J connectivity index is 2.05. The summed E-state index contributed by atoms with van der Waals surface area (Å²) in [7, 11) is 0. The second kappa shape index (κ2) is 5.54. The molecule has 0 spiro atoms. The van der Waals surface area contributed by atoms with Gasteiger partial charge in [-0.3, -0.25) is 10.1 Å². The molecule has 21 heavy (non-hydrogen) atoms. The first-order valence-corrected chi connectivity index (χ1v) is 6.84. The first-order chi connectivity index (χ1) is 10.1. The molecule has 106 valence electrons. The maximum Gasteiger partial charge on any atom is 0.223 e. The van der Waals surface area contributed by atoms with Crippen LogP contribution in [0.5, 0.6) is 0 Å². The molecule has 0 radical (unpaired) electrons. The van der Waals surface area contributed by atoms with Crippen LogP contribution < -0.4 is 5.32 Å². The quantitative estimate of drug-likeness (QED) is 0.756. The fourth-order valence-corrected chi connectivity index (χ4v) is 2.28. The lowest BCUT2D eigenvalue weighted by atomic mass is 10.2. The summed E-state index contributed by atoms with van der Waals surface area (Å²) in [6.45, 7) is 2.02. The van der Waals surface area contributed by atoms with Gasteiger partial charge >= 0.3 is 0 Å². The number of halogens is 1. The molecule has 0 aliphatic rings. The number of fused-ring (bicyclic) bond motifs is 1. The van der Waals surface area contributed by atoms with Crippen molar-refractivity contribution in [2.45, 2.75) is 13.5 Å². The van der Waals surface area contributed by atoms with E-state index in [-0.39, 0.29) is 5.91 Å². The zero-order valence-electron chi connectivity index (χ0n) is 11.4. The lowest BCUT2D eigenvalue weighted by Crippen LogP contribution is -2.12. The second-order valence-corrected chi connectivity index (χ2v) is 5.07. The normalized spacial score (nSPS) is 10.8. The van der Waals surface area contributed by atoms with Crippen LogP contribution in [0.15, 0.2) is 42.6 Å². The maximum absolute atomic E-state index is 11.3. The van der Waals surface area contributed by atoms with Gasteiger partial charge in [-0.15, -0.1) is 0 Å². The third kappa shape index (κ3) is 2.87. The summed E-state index contributed by atoms with van der Waals surface area (Å²) < 4.78 is 1.95. The number of anilines is 1. The zero-order valence-corrected chi connectivity index (χ0v) is 12.1. The first-order valence-electron chi connectivity index (χ1n) is 6.47. The number of amides is 1. The van der Waals surface area contributed by atoms with Crippen molar-refractivity contribution in [1.29, 1.82) is 0 Å². The van der Waals surface area contributed by atoms with E-state index in [9.17, 15) is 4.79 Å². The Hall–Kier alpha value is -2.40. The van der Waals surface area contributed by atoms with Crippen molar-refractivity contribution in [1.82, 2.24) is 14.5 Å². The van der Waals surface area contributed by atoms with E-state index in [1.807, 2.05) is 34.9 Å². The molecule has 1 aromatic carbocycles. The molecule has 0 bridgehead atoms. The number of hydrogen-bond donors (Lipinski definition) is 1. The van der Waals surface area contributed by atoms with Crippen LogP contribution >= 0.6 is 11.6 Å². The van der Waals surface area contributed by atoms with Gasteiger partial charge in [0.15, 0.2) is 0 Å². The maximum atomic E-state index is 11.3. The van der Waals surface area contributed by atoms with Crippen LogP contribution in [0.1, 0.15) is 12.5 Å². The summed E-state index contributed by atoms with van der Waals surface area (Å²) in [5.41, 5.74) is 2.77. The van der Waals surface area contributed by atoms with Gasteiger partial charge in [0.2, 0.25) is 11.9 Å². The van der Waals surface area contributed by atoms with Crippen molar-refractivity contribution in [3.05, 3.63) is 53.3 Å². The molecular formula is C15H13ClN4O. The standard InChI is InChI=1S/C15H13ClN4O/c1-10(21)18-15-19-12-4-2-3-5-13(12)20(15)9-11-6-7-14(16)17-8-11/h2-8H,9H2,1H3,(H,18,19,21). The molecule has 0 aliphatic carbocycles. The number of pyridine rings is 1. The fraction of sp³-hybridized carbons (Fsp3) is 0.133. The molecule has 0 saturated heterocycles. The smallest absolute Gasteiger partial charge is 0.223 e. The summed E-state index contributed by atoms with van der Waals surface area (Å²) in [6.07, 6.45) is 1.72. The molecule has 0 aliphatic heterocycles. The van der Waals surface area contributed by atoms with Crippen molar-refractivity contribution in [2.24, 2.45) is 0 Å². The van der Waals surface area contributed by atoms with Gasteiger partial charge in [-0.1, -0.05) is 29.8 Å². The van der Waals surface area contributed by atoms with Crippen molar-refractivity contribution >= 4 is 34.5 Å². The Morgan fingerprint density at radius 2 is 2.10 bits per heavy atom. The van der Waals surface area contributed by atoms with Gasteiger partial charge < -0.3 is 4.57 Å². The number of nitrogens with one attached hydrogen (secondary N) is 1. The summed E-state index contributed by atoms with van der Waals surface area (Å²) in [4.78, 5) is 19.9. The molecule has 0 fully saturated rings. The van der Waals surface area contributed by atoms with E-state index in [1.165, 1.54) is 6.92 Å². The highest BCUT2D eigenvalue weighted by Crippen LogP contribution is 2.21. The lowest BCUT2D eigenvalue weighted by molar-refractivity contribution is -0.114. The minimum absolute atomic E-state index is 0.152. The molecule has 3 aromatic rings. The highest BCUT2D eigenvalue weighted by Gasteiger charge is 2.11. The van der Waals surface area contributed by atoms with Crippen LogP contribution in [0.25, 0.3) is 11.0 Å². The Labute approximate surface area is 126 Å². The molecular weight excluding hydrogens is 288 g/mol. The fourth-order valence-electron chi connectivity index (χ4n) is 2.17. The van der Waals surface area contributed by atoms with Gasteiger partial charge in [-0.05, 0) is 23.8 Å². The van der Waals surface area contributed by atoms with Crippen molar-refractivity contribution in [3.8, 4) is 0 Å². The first kappa shape index (κ1) is 13.6. The molecule has 2 aromatic heterocycles. The van der Waals surface area contributed by atoms with Gasteiger partial charge in [0, 0.05) is 13.1 Å². The third-order valence-corrected chi connectivity index (χ3v) is 3.30. The SMILES string of the molecule is CC(=O)Nc1nc2ccccc2n1Cc1ccc(Cl)nc1. The van der Waals surface area contributed by atoms with E-state index in [4.69, 9.17) is 11.6 Å². The molecule has 0 unspecified atom stereocenters. The van der Waals surface area contributed by atoms with E-state index in [1.54, 1.807) is 12.3 Å². The molecule has 1 amide bonds. The van der Waals surface area contributed by atoms with E-state index >= 15 is 0 Å². The highest BCUT2D eigenvalue weighted by molar-refractivity contribution is 6.29. The van der Waals surface area contributed by atoms with E-state index in [2.05, 4.69) is 15.3 Å². The van der Waals surface area contributed by atoms with E-state index in [0.717, 1.165) is 16.6 Å². The molecule has 6 heteroatoms. The molecule has 0 atom stereocenters. The van der Waals surface area contributed by atoms with Gasteiger partial charge in [0.05, 0.1) is 17.6 Å². The highest BCUT2D eigenvalue weighted by atomic mass is 35.5. The van der Waals surface area contributed by atoms with Crippen molar-refractivity contribution < 1.29 is 4.79 Å². The predicted octanol–water partition coefficient (Wildman–Crippen LogP) is 3.09. The average Bonchev–Trinajstić information content (AvgIpc) is 2.78. The number of hydrogen-bond acceptors (Lipinski definition) is 3. The topological polar surface area (TPSA) is 59.8 Å². The third-order valence-electron chi connectivity index (χ3n) is 3.07. The minimum Gasteiger partial charge on any atom is -0.305 e. The summed E-state index contributed by atoms with van der Waals surface area (Å²) in [5.74, 6) is 0.374. The number of imidazole rings is 1. The van der Waals surface area contributed by atoms with Gasteiger partial charge in [0.25, 0.3) is 0 Å². The molecule has 0 saturated carbocycles. The Morgan fingerprint density at radius 1 is 1.29 bits per heavy atom. The summed E-state index contributed by atoms with van der Waals surface area (Å²) in [6, 6.07) is 11.4. The average molecular weight is 301 g/mol. The van der Waals surface area contributed by atoms with Crippen LogP contribution in [0.2, 0.25) is 5.15 Å². The van der Waals surface area contributed by atoms with Crippen molar-refractivity contribution in [3.63, 3.8) is 0 Å². The Morgan fingerprint density at radius 3 is 2.81 bits per heavy atom. The Kier molecular flexibility index (Phi) is 3.58. The zero-order chi connectivity index (χ0) is 14.8. The Bertz CT molecular complexity index is 795.